The topological polar surface area (TPSA) is 448 Å². The quantitative estimate of drug-likeness (QED) is 0.351. The van der Waals surface area contributed by atoms with Crippen molar-refractivity contribution in [2.45, 2.75) is 0 Å². The molecule has 0 heterocycles. The Morgan fingerprint density at radius 1 is 0.500 bits per heavy atom. The first kappa shape index (κ1) is 85.8. The van der Waals surface area contributed by atoms with Crippen molar-refractivity contribution in [3.63, 3.8) is 0 Å². The van der Waals surface area contributed by atoms with Gasteiger partial charge in [-0.1, -0.05) is 0 Å². The molecule has 20 heteroatoms. The van der Waals surface area contributed by atoms with Crippen LogP contribution in [-0.2, 0) is 27.5 Å². The summed E-state index contributed by atoms with van der Waals surface area (Å²) in [4.78, 5) is 0. The van der Waals surface area contributed by atoms with Gasteiger partial charge in [0, 0.05) is 0 Å². The van der Waals surface area contributed by atoms with E-state index in [1.54, 1.807) is 0 Å². The third-order valence-electron chi connectivity index (χ3n) is 0. The Bertz CT molecular complexity index is 68.1. The molecule has 0 bridgehead atoms. The van der Waals surface area contributed by atoms with Crippen LogP contribution in [-0.4, -0.2) is 53.1 Å². The Hall–Kier alpha value is 0.623. The molecule has 0 aromatic rings. The molecule has 0 rings (SSSR count). The average molecular weight is 452 g/mol. The molecule has 0 unspecified atom stereocenters. The Kier molecular flexibility index (Phi) is 183. The van der Waals surface area contributed by atoms with E-state index in [0.717, 1.165) is 0 Å². The zero-order valence-electron chi connectivity index (χ0n) is 9.01. The van der Waals surface area contributed by atoms with E-state index >= 15 is 0 Å². The fraction of sp³-hybridized carbons (Fsp3) is 0. The molecule has 0 aliphatic rings. The number of hydrogen-bond donors (Lipinski definition) is 2. The molecule has 0 spiro atoms. The predicted molar refractivity (Wildman–Crippen MR) is 34.0 cm³/mol. The summed E-state index contributed by atoms with van der Waals surface area (Å²) < 4.78 is 73.8. The predicted octanol–water partition coefficient (Wildman–Crippen LogP) is -15.0. The molecule has 0 saturated carbocycles. The summed E-state index contributed by atoms with van der Waals surface area (Å²) in [6.45, 7) is 0. The Morgan fingerprint density at radius 2 is 0.500 bits per heavy atom. The maximum atomic E-state index is 8.60. The van der Waals surface area contributed by atoms with Crippen LogP contribution in [0.2, 0.25) is 0 Å². The Morgan fingerprint density at radius 3 is 0.500 bits per heavy atom. The van der Waals surface area contributed by atoms with Crippen LogP contribution in [0.15, 0.2) is 0 Å². The van der Waals surface area contributed by atoms with Crippen molar-refractivity contribution in [1.82, 2.24) is 0 Å². The zero-order chi connectivity index (χ0) is 11.0. The van der Waals surface area contributed by atoms with E-state index < -0.39 is 20.5 Å². The summed E-state index contributed by atoms with van der Waals surface area (Å²) in [5.74, 6) is 0. The van der Waals surface area contributed by atoms with Crippen molar-refractivity contribution >= 4 is 0 Å². The van der Waals surface area contributed by atoms with Gasteiger partial charge >= 0.3 is 27.5 Å². The molecule has 0 radical (unpaired) electrons. The van der Waals surface area contributed by atoms with Crippen LogP contribution in [0, 0.1) is 20.5 Å². The van der Waals surface area contributed by atoms with E-state index in [4.69, 9.17) is 40.1 Å². The van der Waals surface area contributed by atoms with Crippen molar-refractivity contribution in [1.29, 1.82) is 0 Å². The number of hydrogen-bond acceptors (Lipinski definition) is 9. The summed E-state index contributed by atoms with van der Waals surface area (Å²) >= 11 is 0.300. The molecule has 0 aromatic carbocycles. The van der Waals surface area contributed by atoms with Crippen molar-refractivity contribution in [2.24, 2.45) is 0 Å². The normalized spacial score (nSPS) is 6.15. The Balaban J connectivity index is -0.00000000589. The van der Waals surface area contributed by atoms with Gasteiger partial charge in [0.15, 0.2) is 0 Å². The Labute approximate surface area is 129 Å². The number of rotatable bonds is 0. The van der Waals surface area contributed by atoms with E-state index in [9.17, 15) is 0 Å². The van der Waals surface area contributed by atoms with E-state index in [1.165, 1.54) is 0 Å². The summed E-state index contributed by atoms with van der Waals surface area (Å²) in [7, 11) is -9.39. The van der Waals surface area contributed by atoms with Gasteiger partial charge in [-0.3, -0.25) is 0 Å². The van der Waals surface area contributed by atoms with Crippen molar-refractivity contribution in [3.8, 4) is 0 Å². The molecule has 17 nitrogen and oxygen atoms in total. The molecule has 0 saturated heterocycles. The van der Waals surface area contributed by atoms with Crippen LogP contribution in [0.5, 0.6) is 0 Å². The second-order valence-corrected chi connectivity index (χ2v) is 2.38. The molecular formula is H18Cl2O17Zr. The first-order valence-electron chi connectivity index (χ1n) is 1.47. The second kappa shape index (κ2) is 42.7. The van der Waals surface area contributed by atoms with Crippen LogP contribution in [0.1, 0.15) is 0 Å². The molecule has 0 fully saturated rings. The van der Waals surface area contributed by atoms with Gasteiger partial charge in [-0.05, 0) is 0 Å². The SMILES string of the molecule is O.O.O.O.O.O.O.O.[O-][Cl+3]([O-])([O-])O.[O-][Cl+3]([O-])([O-])O.[O]=[Zr]. The molecule has 0 aliphatic carbocycles. The summed E-state index contributed by atoms with van der Waals surface area (Å²) in [5, 5.41) is 0. The minimum atomic E-state index is -4.69. The fourth-order valence-electron chi connectivity index (χ4n) is 0. The van der Waals surface area contributed by atoms with E-state index in [0.29, 0.717) is 24.7 Å². The zero-order valence-corrected chi connectivity index (χ0v) is 13.0. The second-order valence-electron chi connectivity index (χ2n) is 0.792. The average Bonchev–Trinajstić information content (AvgIpc) is 1.59. The van der Waals surface area contributed by atoms with Crippen LogP contribution in [0.4, 0.5) is 0 Å². The van der Waals surface area contributed by atoms with Gasteiger partial charge in [0.25, 0.3) is 0 Å². The van der Waals surface area contributed by atoms with E-state index in [2.05, 4.69) is 0 Å². The molecule has 0 aromatic heterocycles. The summed E-state index contributed by atoms with van der Waals surface area (Å²) in [5.41, 5.74) is 0. The molecule has 0 atom stereocenters. The molecular weight excluding hydrogens is 434 g/mol. The summed E-state index contributed by atoms with van der Waals surface area (Å²) in [6.07, 6.45) is 0. The fourth-order valence-corrected chi connectivity index (χ4v) is 0. The minimum absolute atomic E-state index is 0. The van der Waals surface area contributed by atoms with Gasteiger partial charge in [0.1, 0.15) is 0 Å². The van der Waals surface area contributed by atoms with Crippen molar-refractivity contribution in [3.05, 3.63) is 0 Å². The van der Waals surface area contributed by atoms with Crippen LogP contribution < -0.4 is 28.0 Å². The van der Waals surface area contributed by atoms with Gasteiger partial charge in [0.2, 0.25) is 0 Å². The third kappa shape index (κ3) is 14900. The molecule has 0 aliphatic heterocycles. The monoisotopic (exact) mass is 450 g/mol. The molecule has 138 valence electrons. The van der Waals surface area contributed by atoms with Crippen LogP contribution in [0.25, 0.3) is 0 Å². The van der Waals surface area contributed by atoms with Gasteiger partial charge in [-0.15, -0.1) is 0 Å². The van der Waals surface area contributed by atoms with Crippen molar-refractivity contribution in [2.75, 3.05) is 0 Å². The molecule has 0 amide bonds. The van der Waals surface area contributed by atoms with E-state index in [1.807, 2.05) is 0 Å². The van der Waals surface area contributed by atoms with Crippen LogP contribution in [0.3, 0.4) is 0 Å². The van der Waals surface area contributed by atoms with Gasteiger partial charge in [-0.2, -0.15) is 28.0 Å². The maximum absolute atomic E-state index is 8.60. The van der Waals surface area contributed by atoms with Crippen molar-refractivity contribution < 1.29 is 129 Å². The molecule has 20 heavy (non-hydrogen) atoms. The first-order chi connectivity index (χ1) is 5.00. The van der Waals surface area contributed by atoms with Crippen LogP contribution >= 0.6 is 0 Å². The van der Waals surface area contributed by atoms with Gasteiger partial charge in [0.05, 0.1) is 29.8 Å². The van der Waals surface area contributed by atoms with Gasteiger partial charge < -0.3 is 43.8 Å². The van der Waals surface area contributed by atoms with E-state index in [-0.39, 0.29) is 43.8 Å². The molecule has 18 N–H and O–H groups in total. The third-order valence-corrected chi connectivity index (χ3v) is 0. The number of halogens is 2. The summed E-state index contributed by atoms with van der Waals surface area (Å²) in [6, 6.07) is 0. The first-order valence-corrected chi connectivity index (χ1v) is 5.00. The standard InChI is InChI=1S/2ClHO4.8H2O.O.Zr/c2*2-1(3,4)5;;;;;;;;;;/h2*(H,2,3,4,5);8*1H2;;. The van der Waals surface area contributed by atoms with Gasteiger partial charge in [-0.25, -0.2) is 0 Å².